The first-order valence-corrected chi connectivity index (χ1v) is 8.45. The van der Waals surface area contributed by atoms with Crippen LogP contribution in [0.15, 0.2) is 35.4 Å². The van der Waals surface area contributed by atoms with Crippen LogP contribution in [0.2, 0.25) is 0 Å². The molecule has 0 bridgehead atoms. The summed E-state index contributed by atoms with van der Waals surface area (Å²) in [5.41, 5.74) is -0.597. The number of rotatable bonds is 4. The van der Waals surface area contributed by atoms with Crippen molar-refractivity contribution < 1.29 is 35.1 Å². The molecule has 2 aromatic carbocycles. The number of nitro benzene ring substituents is 2. The zero-order chi connectivity index (χ0) is 22.2. The first-order valence-electron chi connectivity index (χ1n) is 8.45. The molecule has 1 aliphatic carbocycles. The number of benzene rings is 2. The van der Waals surface area contributed by atoms with Gasteiger partial charge in [-0.15, -0.1) is 0 Å². The van der Waals surface area contributed by atoms with Gasteiger partial charge in [0.1, 0.15) is 0 Å². The fourth-order valence-corrected chi connectivity index (χ4v) is 3.08. The van der Waals surface area contributed by atoms with Crippen molar-refractivity contribution >= 4 is 29.3 Å². The van der Waals surface area contributed by atoms with Crippen LogP contribution in [0.4, 0.5) is 11.4 Å². The largest absolute Gasteiger partial charge is 0.504 e. The Bertz CT molecular complexity index is 1080. The molecule has 0 aromatic heterocycles. The fraction of sp³-hybridized carbons (Fsp3) is 0.105. The number of nitro groups is 2. The molecule has 0 radical (unpaired) electrons. The Morgan fingerprint density at radius 3 is 1.43 bits per heavy atom. The van der Waals surface area contributed by atoms with Gasteiger partial charge in [-0.25, -0.2) is 0 Å². The van der Waals surface area contributed by atoms with Crippen LogP contribution in [0.3, 0.4) is 0 Å². The van der Waals surface area contributed by atoms with Crippen LogP contribution in [0.5, 0.6) is 23.0 Å². The van der Waals surface area contributed by atoms with Gasteiger partial charge in [-0.3, -0.25) is 25.0 Å². The molecule has 154 valence electrons. The Kier molecular flexibility index (Phi) is 5.11. The molecule has 0 heterocycles. The molecule has 0 amide bonds. The highest BCUT2D eigenvalue weighted by molar-refractivity contribution is 6.15. The third-order valence-electron chi connectivity index (χ3n) is 4.51. The molecule has 0 saturated heterocycles. The summed E-state index contributed by atoms with van der Waals surface area (Å²) in [5, 5.41) is 60.3. The summed E-state index contributed by atoms with van der Waals surface area (Å²) >= 11 is 0. The van der Waals surface area contributed by atoms with Gasteiger partial charge in [-0.05, 0) is 48.3 Å². The normalized spacial score (nSPS) is 16.3. The van der Waals surface area contributed by atoms with E-state index in [4.69, 9.17) is 0 Å². The maximum atomic E-state index is 12.6. The number of allylic oxidation sites excluding steroid dienone is 2. The zero-order valence-corrected chi connectivity index (χ0v) is 15.1. The highest BCUT2D eigenvalue weighted by Gasteiger charge is 2.25. The molecule has 11 nitrogen and oxygen atoms in total. The second-order valence-corrected chi connectivity index (χ2v) is 6.50. The molecule has 0 unspecified atom stereocenters. The van der Waals surface area contributed by atoms with E-state index in [0.717, 1.165) is 24.3 Å². The van der Waals surface area contributed by atoms with E-state index in [9.17, 15) is 45.4 Å². The van der Waals surface area contributed by atoms with Gasteiger partial charge in [0.15, 0.2) is 17.3 Å². The number of Topliss-reactive ketones (excluding diaryl/α,β-unsaturated/α-hetero) is 1. The summed E-state index contributed by atoms with van der Waals surface area (Å²) in [5.74, 6) is -3.59. The molecule has 11 heteroatoms. The molecular weight excluding hydrogens is 400 g/mol. The van der Waals surface area contributed by atoms with Crippen LogP contribution in [-0.4, -0.2) is 36.1 Å². The molecular formula is C19H14N2O9. The second kappa shape index (κ2) is 7.54. The molecule has 4 N–H and O–H groups in total. The predicted molar refractivity (Wildman–Crippen MR) is 103 cm³/mol. The van der Waals surface area contributed by atoms with Crippen LogP contribution < -0.4 is 0 Å². The van der Waals surface area contributed by atoms with E-state index >= 15 is 0 Å². The smallest absolute Gasteiger partial charge is 0.315 e. The predicted octanol–water partition coefficient (Wildman–Crippen LogP) is 3.16. The van der Waals surface area contributed by atoms with Crippen LogP contribution in [-0.2, 0) is 4.79 Å². The topological polar surface area (TPSA) is 184 Å². The Labute approximate surface area is 167 Å². The summed E-state index contributed by atoms with van der Waals surface area (Å²) in [6, 6.07) is 4.17. The first-order chi connectivity index (χ1) is 14.1. The van der Waals surface area contributed by atoms with E-state index in [1.54, 1.807) is 0 Å². The Morgan fingerprint density at radius 1 is 0.733 bits per heavy atom. The molecule has 1 aliphatic rings. The van der Waals surface area contributed by atoms with Crippen molar-refractivity contribution in [2.45, 2.75) is 12.8 Å². The van der Waals surface area contributed by atoms with Gasteiger partial charge in [0, 0.05) is 23.3 Å². The Morgan fingerprint density at radius 2 is 1.10 bits per heavy atom. The van der Waals surface area contributed by atoms with Crippen molar-refractivity contribution in [1.29, 1.82) is 0 Å². The number of nitrogens with zero attached hydrogens (tertiary/aromatic N) is 2. The summed E-state index contributed by atoms with van der Waals surface area (Å²) in [7, 11) is 0. The van der Waals surface area contributed by atoms with E-state index in [-0.39, 0.29) is 35.1 Å². The van der Waals surface area contributed by atoms with E-state index < -0.39 is 50.0 Å². The third-order valence-corrected chi connectivity index (χ3v) is 4.51. The molecule has 30 heavy (non-hydrogen) atoms. The van der Waals surface area contributed by atoms with Gasteiger partial charge < -0.3 is 20.4 Å². The number of carbonyl (C=O) groups is 1. The number of ketones is 1. The van der Waals surface area contributed by atoms with E-state index in [2.05, 4.69) is 0 Å². The molecule has 3 rings (SSSR count). The van der Waals surface area contributed by atoms with Crippen LogP contribution in [0.1, 0.15) is 24.0 Å². The maximum absolute atomic E-state index is 12.6. The van der Waals surface area contributed by atoms with Crippen LogP contribution >= 0.6 is 0 Å². The second-order valence-electron chi connectivity index (χ2n) is 6.50. The lowest BCUT2D eigenvalue weighted by Gasteiger charge is -2.03. The minimum absolute atomic E-state index is 0.138. The van der Waals surface area contributed by atoms with Gasteiger partial charge in [0.25, 0.3) is 0 Å². The van der Waals surface area contributed by atoms with Gasteiger partial charge in [0.2, 0.25) is 11.5 Å². The summed E-state index contributed by atoms with van der Waals surface area (Å²) in [4.78, 5) is 32.8. The molecule has 2 aromatic rings. The quantitative estimate of drug-likeness (QED) is 0.252. The van der Waals surface area contributed by atoms with E-state index in [1.807, 2.05) is 0 Å². The standard InChI is InChI=1S/C19H14N2O9/c22-15-7-9(5-13(18(15)25)20(27)28)3-11-1-2-12(17(11)24)4-10-6-14(21(29)30)19(26)16(23)8-10/h3-8,22-23,25-26H,1-2H2/b11-3+,12-4+. The average Bonchev–Trinajstić information content (AvgIpc) is 3.00. The van der Waals surface area contributed by atoms with Crippen molar-refractivity contribution in [1.82, 2.24) is 0 Å². The number of hydrogen-bond acceptors (Lipinski definition) is 9. The fourth-order valence-electron chi connectivity index (χ4n) is 3.08. The van der Waals surface area contributed by atoms with E-state index in [1.165, 1.54) is 12.2 Å². The van der Waals surface area contributed by atoms with Crippen LogP contribution in [0.25, 0.3) is 12.2 Å². The summed E-state index contributed by atoms with van der Waals surface area (Å²) < 4.78 is 0. The third kappa shape index (κ3) is 3.76. The first kappa shape index (κ1) is 20.3. The highest BCUT2D eigenvalue weighted by Crippen LogP contribution is 2.39. The number of carbonyl (C=O) groups excluding carboxylic acids is 1. The number of phenolic OH excluding ortho intramolecular Hbond substituents is 4. The monoisotopic (exact) mass is 414 g/mol. The summed E-state index contributed by atoms with van der Waals surface area (Å²) in [6.07, 6.45) is 3.22. The highest BCUT2D eigenvalue weighted by atomic mass is 16.6. The Balaban J connectivity index is 1.96. The van der Waals surface area contributed by atoms with Crippen molar-refractivity contribution in [2.24, 2.45) is 0 Å². The Hall–Kier alpha value is -4.41. The van der Waals surface area contributed by atoms with Crippen molar-refractivity contribution in [3.05, 3.63) is 66.8 Å². The van der Waals surface area contributed by atoms with Gasteiger partial charge in [0.05, 0.1) is 9.85 Å². The average molecular weight is 414 g/mol. The number of phenols is 4. The number of hydrogen-bond donors (Lipinski definition) is 4. The van der Waals surface area contributed by atoms with E-state index in [0.29, 0.717) is 0 Å². The lowest BCUT2D eigenvalue weighted by molar-refractivity contribution is -0.386. The van der Waals surface area contributed by atoms with Crippen molar-refractivity contribution in [3.63, 3.8) is 0 Å². The molecule has 0 spiro atoms. The van der Waals surface area contributed by atoms with Crippen LogP contribution in [0, 0.1) is 20.2 Å². The molecule has 1 saturated carbocycles. The minimum Gasteiger partial charge on any atom is -0.504 e. The zero-order valence-electron chi connectivity index (χ0n) is 15.1. The maximum Gasteiger partial charge on any atom is 0.315 e. The lowest BCUT2D eigenvalue weighted by Crippen LogP contribution is -1.96. The van der Waals surface area contributed by atoms with Gasteiger partial charge in [-0.1, -0.05) is 0 Å². The van der Waals surface area contributed by atoms with Gasteiger partial charge >= 0.3 is 11.4 Å². The lowest BCUT2D eigenvalue weighted by atomic mass is 10.0. The molecule has 0 aliphatic heterocycles. The van der Waals surface area contributed by atoms with Crippen molar-refractivity contribution in [3.8, 4) is 23.0 Å². The van der Waals surface area contributed by atoms with Gasteiger partial charge in [-0.2, -0.15) is 0 Å². The summed E-state index contributed by atoms with van der Waals surface area (Å²) in [6.45, 7) is 0. The minimum atomic E-state index is -0.880. The SMILES string of the molecule is O=C1/C(=C/c2cc(O)c(O)c([N+](=O)[O-])c2)CC/C1=C\c1cc(O)c(O)c([N+](=O)[O-])c1. The molecule has 1 fully saturated rings. The van der Waals surface area contributed by atoms with Crippen molar-refractivity contribution in [2.75, 3.05) is 0 Å². The molecule has 0 atom stereocenters. The number of aromatic hydroxyl groups is 4.